The Hall–Kier alpha value is -4.73. The van der Waals surface area contributed by atoms with E-state index in [0.29, 0.717) is 0 Å². The first-order chi connectivity index (χ1) is 22.3. The minimum Gasteiger partial charge on any atom is -0.351 e. The number of hydrogen-bond acceptors (Lipinski definition) is 3. The van der Waals surface area contributed by atoms with Gasteiger partial charge in [0.25, 0.3) is 0 Å². The predicted molar refractivity (Wildman–Crippen MR) is 190 cm³/mol. The van der Waals surface area contributed by atoms with E-state index in [2.05, 4.69) is 154 Å². The predicted octanol–water partition coefficient (Wildman–Crippen LogP) is 9.62. The summed E-state index contributed by atoms with van der Waals surface area (Å²) in [6, 6.07) is 40.5. The largest absolute Gasteiger partial charge is 0.351 e. The van der Waals surface area contributed by atoms with Gasteiger partial charge in [-0.15, -0.1) is 0 Å². The third kappa shape index (κ3) is 4.04. The molecule has 2 unspecified atom stereocenters. The zero-order valence-corrected chi connectivity index (χ0v) is 27.0. The summed E-state index contributed by atoms with van der Waals surface area (Å²) in [6.45, 7) is 9.41. The second kappa shape index (κ2) is 9.88. The SMILES string of the molecule is CC1(C)c2ccccc2-c2ccc(C3N=C(C4=Cc5ccccc5CC4)NC(c4ccc5c(c4)C(C)(C)c4ccccc4-5)N3)cc21. The molecule has 5 aromatic carbocycles. The molecule has 0 fully saturated rings. The minimum absolute atomic E-state index is 0.0525. The van der Waals surface area contributed by atoms with E-state index in [1.807, 2.05) is 0 Å². The highest BCUT2D eigenvalue weighted by atomic mass is 15.3. The molecule has 46 heavy (non-hydrogen) atoms. The molecule has 1 aliphatic heterocycles. The molecule has 4 aliphatic rings. The Balaban J connectivity index is 1.14. The fourth-order valence-corrected chi connectivity index (χ4v) is 8.48. The number of aliphatic imine (C=N–C) groups is 1. The summed E-state index contributed by atoms with van der Waals surface area (Å²) < 4.78 is 0. The number of benzene rings is 5. The Kier molecular flexibility index (Phi) is 5.92. The summed E-state index contributed by atoms with van der Waals surface area (Å²) in [5.41, 5.74) is 17.3. The van der Waals surface area contributed by atoms with Crippen molar-refractivity contribution in [3.63, 3.8) is 0 Å². The maximum atomic E-state index is 5.41. The van der Waals surface area contributed by atoms with Crippen LogP contribution in [0, 0.1) is 0 Å². The Morgan fingerprint density at radius 1 is 0.587 bits per heavy atom. The van der Waals surface area contributed by atoms with E-state index >= 15 is 0 Å². The number of amidine groups is 1. The van der Waals surface area contributed by atoms with Gasteiger partial charge in [0.2, 0.25) is 0 Å². The van der Waals surface area contributed by atoms with Crippen molar-refractivity contribution in [2.45, 2.75) is 63.7 Å². The van der Waals surface area contributed by atoms with Gasteiger partial charge in [0, 0.05) is 10.8 Å². The van der Waals surface area contributed by atoms with E-state index < -0.39 is 0 Å². The Morgan fingerprint density at radius 2 is 1.15 bits per heavy atom. The third-order valence-corrected chi connectivity index (χ3v) is 11.1. The number of nitrogens with zero attached hydrogens (tertiary/aromatic N) is 1. The molecule has 5 aromatic rings. The average Bonchev–Trinajstić information content (AvgIpc) is 3.47. The van der Waals surface area contributed by atoms with Gasteiger partial charge in [-0.05, 0) is 91.3 Å². The molecule has 0 amide bonds. The van der Waals surface area contributed by atoms with Crippen LogP contribution in [-0.4, -0.2) is 5.84 Å². The lowest BCUT2D eigenvalue weighted by molar-refractivity contribution is 0.407. The first kappa shape index (κ1) is 27.6. The van der Waals surface area contributed by atoms with Gasteiger partial charge in [0.15, 0.2) is 0 Å². The van der Waals surface area contributed by atoms with Crippen LogP contribution >= 0.6 is 0 Å². The Morgan fingerprint density at radius 3 is 1.85 bits per heavy atom. The molecule has 9 rings (SSSR count). The van der Waals surface area contributed by atoms with Crippen LogP contribution in [-0.2, 0) is 17.3 Å². The monoisotopic (exact) mass is 597 g/mol. The topological polar surface area (TPSA) is 36.4 Å². The summed E-state index contributed by atoms with van der Waals surface area (Å²) in [7, 11) is 0. The molecule has 226 valence electrons. The van der Waals surface area contributed by atoms with Crippen molar-refractivity contribution in [2.75, 3.05) is 0 Å². The molecule has 3 aliphatic carbocycles. The summed E-state index contributed by atoms with van der Waals surface area (Å²) in [5.74, 6) is 0.995. The molecule has 3 nitrogen and oxygen atoms in total. The molecule has 0 saturated carbocycles. The molecule has 2 N–H and O–H groups in total. The van der Waals surface area contributed by atoms with Gasteiger partial charge in [0.05, 0.1) is 0 Å². The van der Waals surface area contributed by atoms with Crippen LogP contribution in [0.3, 0.4) is 0 Å². The molecule has 0 aromatic heterocycles. The van der Waals surface area contributed by atoms with Gasteiger partial charge in [-0.1, -0.05) is 137 Å². The highest BCUT2D eigenvalue weighted by Gasteiger charge is 2.38. The average molecular weight is 598 g/mol. The van der Waals surface area contributed by atoms with Gasteiger partial charge in [0.1, 0.15) is 18.2 Å². The number of fused-ring (bicyclic) bond motifs is 7. The van der Waals surface area contributed by atoms with E-state index in [1.54, 1.807) is 0 Å². The maximum absolute atomic E-state index is 5.41. The van der Waals surface area contributed by atoms with Gasteiger partial charge in [-0.2, -0.15) is 0 Å². The van der Waals surface area contributed by atoms with Crippen LogP contribution in [0.5, 0.6) is 0 Å². The molecule has 0 radical (unpaired) electrons. The molecule has 2 atom stereocenters. The quantitative estimate of drug-likeness (QED) is 0.217. The first-order valence-corrected chi connectivity index (χ1v) is 16.7. The Labute approximate surface area is 272 Å². The second-order valence-electron chi connectivity index (χ2n) is 14.4. The molecular weight excluding hydrogens is 558 g/mol. The molecule has 0 spiro atoms. The Bertz CT molecular complexity index is 2130. The number of aryl methyl sites for hydroxylation is 1. The maximum Gasteiger partial charge on any atom is 0.129 e. The molecule has 1 heterocycles. The highest BCUT2D eigenvalue weighted by Crippen LogP contribution is 2.50. The zero-order chi connectivity index (χ0) is 31.2. The molecule has 3 heteroatoms. The second-order valence-corrected chi connectivity index (χ2v) is 14.4. The minimum atomic E-state index is -0.178. The fraction of sp³-hybridized carbons (Fsp3) is 0.233. The molecular formula is C43H39N3. The van der Waals surface area contributed by atoms with Gasteiger partial charge >= 0.3 is 0 Å². The molecule has 0 saturated heterocycles. The van der Waals surface area contributed by atoms with Crippen LogP contribution in [0.4, 0.5) is 0 Å². The van der Waals surface area contributed by atoms with Crippen molar-refractivity contribution in [2.24, 2.45) is 4.99 Å². The van der Waals surface area contributed by atoms with E-state index in [4.69, 9.17) is 4.99 Å². The van der Waals surface area contributed by atoms with Gasteiger partial charge < -0.3 is 5.32 Å². The van der Waals surface area contributed by atoms with E-state index in [0.717, 1.165) is 18.7 Å². The van der Waals surface area contributed by atoms with Crippen molar-refractivity contribution in [3.05, 3.63) is 159 Å². The lowest BCUT2D eigenvalue weighted by Gasteiger charge is -2.34. The summed E-state index contributed by atoms with van der Waals surface area (Å²) in [5, 5.41) is 7.79. The number of nitrogens with one attached hydrogen (secondary N) is 2. The van der Waals surface area contributed by atoms with Crippen LogP contribution in [0.15, 0.2) is 120 Å². The van der Waals surface area contributed by atoms with Crippen LogP contribution < -0.4 is 10.6 Å². The van der Waals surface area contributed by atoms with Gasteiger partial charge in [-0.3, -0.25) is 5.32 Å². The zero-order valence-electron chi connectivity index (χ0n) is 27.0. The van der Waals surface area contributed by atoms with Crippen molar-refractivity contribution in [1.29, 1.82) is 0 Å². The van der Waals surface area contributed by atoms with Crippen LogP contribution in [0.1, 0.15) is 91.0 Å². The number of rotatable bonds is 3. The fourth-order valence-electron chi connectivity index (χ4n) is 8.48. The number of hydrogen-bond donors (Lipinski definition) is 2. The van der Waals surface area contributed by atoms with E-state index in [9.17, 15) is 0 Å². The van der Waals surface area contributed by atoms with Crippen LogP contribution in [0.25, 0.3) is 28.3 Å². The standard InChI is InChI=1S/C43H39N3/c1-42(2)35-15-9-7-13-31(35)33-21-19-29(24-37(33)42)40-44-39(28-18-17-26-11-5-6-12-27(26)23-28)45-41(46-40)30-20-22-34-32-14-8-10-16-36(32)43(3,4)38(34)25-30/h5-16,19-25,40-41,46H,17-18H2,1-4H3,(H,44,45). The third-order valence-electron chi connectivity index (χ3n) is 11.1. The van der Waals surface area contributed by atoms with Crippen molar-refractivity contribution in [3.8, 4) is 22.3 Å². The smallest absolute Gasteiger partial charge is 0.129 e. The summed E-state index contributed by atoms with van der Waals surface area (Å²) in [6.07, 6.45) is 4.08. The van der Waals surface area contributed by atoms with Crippen LogP contribution in [0.2, 0.25) is 0 Å². The molecule has 0 bridgehead atoms. The summed E-state index contributed by atoms with van der Waals surface area (Å²) in [4.78, 5) is 5.41. The van der Waals surface area contributed by atoms with E-state index in [1.165, 1.54) is 72.3 Å². The summed E-state index contributed by atoms with van der Waals surface area (Å²) >= 11 is 0. The first-order valence-electron chi connectivity index (χ1n) is 16.7. The highest BCUT2D eigenvalue weighted by molar-refractivity contribution is 6.03. The van der Waals surface area contributed by atoms with Gasteiger partial charge in [-0.25, -0.2) is 4.99 Å². The normalized spacial score (nSPS) is 21.1. The van der Waals surface area contributed by atoms with E-state index in [-0.39, 0.29) is 23.2 Å². The van der Waals surface area contributed by atoms with Crippen molar-refractivity contribution >= 4 is 11.9 Å². The van der Waals surface area contributed by atoms with Crippen molar-refractivity contribution in [1.82, 2.24) is 10.6 Å². The lowest BCUT2D eigenvalue weighted by atomic mass is 9.81. The van der Waals surface area contributed by atoms with Crippen molar-refractivity contribution < 1.29 is 0 Å². The lowest BCUT2D eigenvalue weighted by Crippen LogP contribution is -2.45.